The van der Waals surface area contributed by atoms with Crippen molar-refractivity contribution in [1.82, 2.24) is 10.2 Å². The van der Waals surface area contributed by atoms with Gasteiger partial charge in [0.2, 0.25) is 0 Å². The minimum absolute atomic E-state index is 0.743. The second kappa shape index (κ2) is 7.41. The maximum Gasteiger partial charge on any atom is 0.0330 e. The summed E-state index contributed by atoms with van der Waals surface area (Å²) in [5.41, 5.74) is 0. The molecule has 19 heavy (non-hydrogen) atoms. The van der Waals surface area contributed by atoms with Gasteiger partial charge in [0.1, 0.15) is 0 Å². The molecule has 1 aromatic heterocycles. The lowest BCUT2D eigenvalue weighted by atomic mass is 9.93. The van der Waals surface area contributed by atoms with Gasteiger partial charge in [-0.05, 0) is 57.3 Å². The molecule has 1 saturated heterocycles. The van der Waals surface area contributed by atoms with Crippen LogP contribution in [-0.2, 0) is 13.1 Å². The molecule has 108 valence electrons. The van der Waals surface area contributed by atoms with Crippen LogP contribution in [0.15, 0.2) is 12.1 Å². The summed E-state index contributed by atoms with van der Waals surface area (Å²) in [6.45, 7) is 11.5. The van der Waals surface area contributed by atoms with Crippen LogP contribution in [0.1, 0.15) is 49.8 Å². The third-order valence-electron chi connectivity index (χ3n) is 4.08. The van der Waals surface area contributed by atoms with Gasteiger partial charge in [0.05, 0.1) is 0 Å². The smallest absolute Gasteiger partial charge is 0.0330 e. The first-order chi connectivity index (χ1) is 9.19. The summed E-state index contributed by atoms with van der Waals surface area (Å²) in [4.78, 5) is 5.64. The fraction of sp³-hybridized carbons (Fsp3) is 0.750. The van der Waals surface area contributed by atoms with E-state index in [2.05, 4.69) is 43.1 Å². The van der Waals surface area contributed by atoms with E-state index in [0.717, 1.165) is 31.6 Å². The normalized spacial score (nSPS) is 24.8. The zero-order chi connectivity index (χ0) is 13.7. The van der Waals surface area contributed by atoms with Gasteiger partial charge in [0, 0.05) is 28.9 Å². The van der Waals surface area contributed by atoms with Crippen molar-refractivity contribution in [3.63, 3.8) is 0 Å². The second-order valence-electron chi connectivity index (χ2n) is 5.99. The van der Waals surface area contributed by atoms with Gasteiger partial charge in [0.25, 0.3) is 0 Å². The topological polar surface area (TPSA) is 15.3 Å². The zero-order valence-electron chi connectivity index (χ0n) is 12.6. The molecule has 1 N–H and O–H groups in total. The Morgan fingerprint density at radius 2 is 2.11 bits per heavy atom. The monoisotopic (exact) mass is 280 g/mol. The second-order valence-corrected chi connectivity index (χ2v) is 7.25. The van der Waals surface area contributed by atoms with E-state index < -0.39 is 0 Å². The molecule has 1 aromatic rings. The van der Waals surface area contributed by atoms with Crippen LogP contribution >= 0.6 is 11.3 Å². The predicted molar refractivity (Wildman–Crippen MR) is 84.6 cm³/mol. The van der Waals surface area contributed by atoms with Crippen molar-refractivity contribution in [2.45, 2.75) is 59.2 Å². The SMILES string of the molecule is CCCNCc1ccc(CN2CCC(C)CC2C)s1. The maximum atomic E-state index is 3.48. The number of thiophene rings is 1. The Labute approximate surface area is 122 Å². The Morgan fingerprint density at radius 1 is 1.32 bits per heavy atom. The van der Waals surface area contributed by atoms with Crippen molar-refractivity contribution in [2.24, 2.45) is 5.92 Å². The van der Waals surface area contributed by atoms with E-state index in [0.29, 0.717) is 0 Å². The van der Waals surface area contributed by atoms with Crippen molar-refractivity contribution < 1.29 is 0 Å². The van der Waals surface area contributed by atoms with Crippen LogP contribution < -0.4 is 5.32 Å². The fourth-order valence-electron chi connectivity index (χ4n) is 2.88. The third kappa shape index (κ3) is 4.59. The molecule has 1 aliphatic rings. The summed E-state index contributed by atoms with van der Waals surface area (Å²) in [5, 5.41) is 3.48. The molecule has 2 unspecified atom stereocenters. The van der Waals surface area contributed by atoms with E-state index in [1.807, 2.05) is 11.3 Å². The van der Waals surface area contributed by atoms with Crippen LogP contribution in [-0.4, -0.2) is 24.0 Å². The highest BCUT2D eigenvalue weighted by molar-refractivity contribution is 7.11. The van der Waals surface area contributed by atoms with Crippen molar-refractivity contribution in [3.8, 4) is 0 Å². The lowest BCUT2D eigenvalue weighted by molar-refractivity contribution is 0.123. The summed E-state index contributed by atoms with van der Waals surface area (Å²) in [5.74, 6) is 0.906. The Balaban J connectivity index is 1.82. The van der Waals surface area contributed by atoms with Crippen molar-refractivity contribution in [3.05, 3.63) is 21.9 Å². The zero-order valence-corrected chi connectivity index (χ0v) is 13.4. The van der Waals surface area contributed by atoms with E-state index in [1.165, 1.54) is 35.6 Å². The summed E-state index contributed by atoms with van der Waals surface area (Å²) in [7, 11) is 0. The summed E-state index contributed by atoms with van der Waals surface area (Å²) < 4.78 is 0. The van der Waals surface area contributed by atoms with E-state index in [1.54, 1.807) is 0 Å². The molecule has 0 amide bonds. The quantitative estimate of drug-likeness (QED) is 0.796. The standard InChI is InChI=1S/C16H28N2S/c1-4-8-17-11-15-5-6-16(19-15)12-18-9-7-13(2)10-14(18)3/h5-6,13-14,17H,4,7-12H2,1-3H3. The lowest BCUT2D eigenvalue weighted by Crippen LogP contribution is -2.39. The molecule has 0 radical (unpaired) electrons. The van der Waals surface area contributed by atoms with Crippen LogP contribution in [0.5, 0.6) is 0 Å². The van der Waals surface area contributed by atoms with Gasteiger partial charge in [-0.1, -0.05) is 13.8 Å². The minimum Gasteiger partial charge on any atom is -0.312 e. The first-order valence-corrected chi connectivity index (χ1v) is 8.53. The lowest BCUT2D eigenvalue weighted by Gasteiger charge is -2.36. The van der Waals surface area contributed by atoms with Crippen LogP contribution in [0.3, 0.4) is 0 Å². The molecule has 0 aliphatic carbocycles. The van der Waals surface area contributed by atoms with Gasteiger partial charge in [-0.3, -0.25) is 4.90 Å². The Bertz CT molecular complexity index is 375. The highest BCUT2D eigenvalue weighted by atomic mass is 32.1. The summed E-state index contributed by atoms with van der Waals surface area (Å²) in [6.07, 6.45) is 3.93. The predicted octanol–water partition coefficient (Wildman–Crippen LogP) is 3.87. The molecule has 1 fully saturated rings. The van der Waals surface area contributed by atoms with Crippen LogP contribution in [0.2, 0.25) is 0 Å². The van der Waals surface area contributed by atoms with Crippen LogP contribution in [0.25, 0.3) is 0 Å². The maximum absolute atomic E-state index is 3.48. The van der Waals surface area contributed by atoms with E-state index in [4.69, 9.17) is 0 Å². The number of nitrogens with one attached hydrogen (secondary N) is 1. The number of nitrogens with zero attached hydrogens (tertiary/aromatic N) is 1. The van der Waals surface area contributed by atoms with Gasteiger partial charge in [0.15, 0.2) is 0 Å². The molecule has 0 bridgehead atoms. The van der Waals surface area contributed by atoms with Gasteiger partial charge in [-0.25, -0.2) is 0 Å². The molecule has 2 rings (SSSR count). The van der Waals surface area contributed by atoms with Crippen molar-refractivity contribution in [1.29, 1.82) is 0 Å². The molecule has 0 saturated carbocycles. The first-order valence-electron chi connectivity index (χ1n) is 7.71. The van der Waals surface area contributed by atoms with Gasteiger partial charge >= 0.3 is 0 Å². The Hall–Kier alpha value is -0.380. The van der Waals surface area contributed by atoms with Crippen LogP contribution in [0.4, 0.5) is 0 Å². The molecule has 2 atom stereocenters. The number of likely N-dealkylation sites (tertiary alicyclic amines) is 1. The molecule has 0 spiro atoms. The fourth-order valence-corrected chi connectivity index (χ4v) is 3.90. The number of hydrogen-bond acceptors (Lipinski definition) is 3. The summed E-state index contributed by atoms with van der Waals surface area (Å²) >= 11 is 1.98. The highest BCUT2D eigenvalue weighted by Crippen LogP contribution is 2.26. The molecular weight excluding hydrogens is 252 g/mol. The van der Waals surface area contributed by atoms with E-state index >= 15 is 0 Å². The van der Waals surface area contributed by atoms with Gasteiger partial charge in [-0.15, -0.1) is 11.3 Å². The Kier molecular flexibility index (Phi) is 5.86. The van der Waals surface area contributed by atoms with E-state index in [9.17, 15) is 0 Å². The van der Waals surface area contributed by atoms with Gasteiger partial charge in [-0.2, -0.15) is 0 Å². The molecule has 2 nitrogen and oxygen atoms in total. The third-order valence-corrected chi connectivity index (χ3v) is 5.15. The largest absolute Gasteiger partial charge is 0.312 e. The first kappa shape index (κ1) is 15.0. The van der Waals surface area contributed by atoms with E-state index in [-0.39, 0.29) is 0 Å². The van der Waals surface area contributed by atoms with Crippen molar-refractivity contribution >= 4 is 11.3 Å². The summed E-state index contributed by atoms with van der Waals surface area (Å²) in [6, 6.07) is 5.35. The molecule has 3 heteroatoms. The molecule has 0 aromatic carbocycles. The number of hydrogen-bond donors (Lipinski definition) is 1. The molecular formula is C16H28N2S. The highest BCUT2D eigenvalue weighted by Gasteiger charge is 2.22. The molecule has 2 heterocycles. The number of rotatable bonds is 6. The minimum atomic E-state index is 0.743. The average molecular weight is 280 g/mol. The average Bonchev–Trinajstić information content (AvgIpc) is 2.81. The molecule has 1 aliphatic heterocycles. The van der Waals surface area contributed by atoms with Gasteiger partial charge < -0.3 is 5.32 Å². The number of piperidine rings is 1. The Morgan fingerprint density at radius 3 is 2.84 bits per heavy atom. The van der Waals surface area contributed by atoms with Crippen molar-refractivity contribution in [2.75, 3.05) is 13.1 Å². The van der Waals surface area contributed by atoms with Crippen LogP contribution in [0, 0.1) is 5.92 Å².